The number of carbonyl (C=O) groups is 1. The van der Waals surface area contributed by atoms with Crippen molar-refractivity contribution in [2.24, 2.45) is 0 Å². The number of hydrogen-bond acceptors (Lipinski definition) is 3. The molecule has 0 aliphatic carbocycles. The Bertz CT molecular complexity index is 524. The van der Waals surface area contributed by atoms with Crippen LogP contribution in [-0.2, 0) is 4.79 Å². The number of rotatable bonds is 6. The third-order valence-corrected chi connectivity index (χ3v) is 3.59. The van der Waals surface area contributed by atoms with Crippen LogP contribution in [0.25, 0.3) is 0 Å². The molecule has 0 saturated carbocycles. The molecule has 1 heterocycles. The highest BCUT2D eigenvalue weighted by molar-refractivity contribution is 5.76. The van der Waals surface area contributed by atoms with Crippen molar-refractivity contribution < 1.29 is 9.53 Å². The molecule has 1 aliphatic heterocycles. The molecule has 0 aromatic heterocycles. The van der Waals surface area contributed by atoms with E-state index in [1.165, 1.54) is 11.1 Å². The lowest BCUT2D eigenvalue weighted by Crippen LogP contribution is -2.30. The molecule has 0 fully saturated rings. The zero-order valence-electron chi connectivity index (χ0n) is 12.9. The SMILES string of the molecule is Cc1ccc(OCCC(=O)NCC2=CCNCC2)c(C)c1. The molecule has 21 heavy (non-hydrogen) atoms. The Labute approximate surface area is 126 Å². The summed E-state index contributed by atoms with van der Waals surface area (Å²) in [5.74, 6) is 0.897. The maximum Gasteiger partial charge on any atom is 0.223 e. The molecular formula is C17H24N2O2. The number of aryl methyl sites for hydroxylation is 2. The van der Waals surface area contributed by atoms with E-state index >= 15 is 0 Å². The zero-order valence-corrected chi connectivity index (χ0v) is 12.9. The Morgan fingerprint density at radius 2 is 2.24 bits per heavy atom. The molecule has 4 nitrogen and oxygen atoms in total. The summed E-state index contributed by atoms with van der Waals surface area (Å²) < 4.78 is 5.67. The van der Waals surface area contributed by atoms with Gasteiger partial charge in [0.1, 0.15) is 5.75 Å². The van der Waals surface area contributed by atoms with Crippen molar-refractivity contribution in [3.8, 4) is 5.75 Å². The highest BCUT2D eigenvalue weighted by atomic mass is 16.5. The molecule has 114 valence electrons. The lowest BCUT2D eigenvalue weighted by molar-refractivity contribution is -0.121. The van der Waals surface area contributed by atoms with Gasteiger partial charge in [-0.1, -0.05) is 29.3 Å². The van der Waals surface area contributed by atoms with E-state index in [1.54, 1.807) is 0 Å². The van der Waals surface area contributed by atoms with Crippen LogP contribution in [0.5, 0.6) is 5.75 Å². The predicted octanol–water partition coefficient (Wildman–Crippen LogP) is 2.11. The third-order valence-electron chi connectivity index (χ3n) is 3.59. The van der Waals surface area contributed by atoms with Crippen LogP contribution in [-0.4, -0.2) is 32.1 Å². The summed E-state index contributed by atoms with van der Waals surface area (Å²) in [5.41, 5.74) is 3.63. The molecule has 4 heteroatoms. The van der Waals surface area contributed by atoms with Crippen LogP contribution in [0, 0.1) is 13.8 Å². The third kappa shape index (κ3) is 5.23. The molecule has 1 amide bonds. The molecule has 1 aromatic carbocycles. The summed E-state index contributed by atoms with van der Waals surface area (Å²) in [4.78, 5) is 11.8. The van der Waals surface area contributed by atoms with Crippen molar-refractivity contribution in [3.63, 3.8) is 0 Å². The second-order valence-corrected chi connectivity index (χ2v) is 5.46. The van der Waals surface area contributed by atoms with Crippen LogP contribution in [0.3, 0.4) is 0 Å². The largest absolute Gasteiger partial charge is 0.493 e. The number of ether oxygens (including phenoxy) is 1. The van der Waals surface area contributed by atoms with Gasteiger partial charge in [-0.3, -0.25) is 4.79 Å². The molecule has 0 atom stereocenters. The molecule has 0 radical (unpaired) electrons. The van der Waals surface area contributed by atoms with E-state index in [0.29, 0.717) is 19.6 Å². The fourth-order valence-corrected chi connectivity index (χ4v) is 2.35. The number of nitrogens with one attached hydrogen (secondary N) is 2. The molecule has 0 spiro atoms. The lowest BCUT2D eigenvalue weighted by Gasteiger charge is -2.15. The molecule has 2 rings (SSSR count). The van der Waals surface area contributed by atoms with Gasteiger partial charge in [0.25, 0.3) is 0 Å². The van der Waals surface area contributed by atoms with Crippen molar-refractivity contribution in [3.05, 3.63) is 41.0 Å². The summed E-state index contributed by atoms with van der Waals surface area (Å²) in [5, 5.41) is 6.20. The maximum absolute atomic E-state index is 11.8. The first-order valence-corrected chi connectivity index (χ1v) is 7.50. The first kappa shape index (κ1) is 15.6. The highest BCUT2D eigenvalue weighted by Gasteiger charge is 2.06. The van der Waals surface area contributed by atoms with E-state index in [9.17, 15) is 4.79 Å². The number of carbonyl (C=O) groups excluding carboxylic acids is 1. The summed E-state index contributed by atoms with van der Waals surface area (Å²) in [6.07, 6.45) is 3.55. The molecule has 1 aromatic rings. The quantitative estimate of drug-likeness (QED) is 0.788. The summed E-state index contributed by atoms with van der Waals surface area (Å²) in [6, 6.07) is 6.06. The van der Waals surface area contributed by atoms with E-state index in [-0.39, 0.29) is 5.91 Å². The fourth-order valence-electron chi connectivity index (χ4n) is 2.35. The average Bonchev–Trinajstić information content (AvgIpc) is 2.48. The van der Waals surface area contributed by atoms with Gasteiger partial charge in [0.15, 0.2) is 0 Å². The van der Waals surface area contributed by atoms with Gasteiger partial charge in [0, 0.05) is 13.1 Å². The smallest absolute Gasteiger partial charge is 0.223 e. The molecule has 0 saturated heterocycles. The Balaban J connectivity index is 1.68. The standard InChI is InChI=1S/C17H24N2O2/c1-13-3-4-16(14(2)11-13)21-10-7-17(20)19-12-15-5-8-18-9-6-15/h3-5,11,18H,6-10,12H2,1-2H3,(H,19,20). The molecule has 2 N–H and O–H groups in total. The van der Waals surface area contributed by atoms with Crippen molar-refractivity contribution in [2.75, 3.05) is 26.2 Å². The highest BCUT2D eigenvalue weighted by Crippen LogP contribution is 2.18. The topological polar surface area (TPSA) is 50.4 Å². The molecule has 0 unspecified atom stereocenters. The van der Waals surface area contributed by atoms with Crippen LogP contribution < -0.4 is 15.4 Å². The first-order valence-electron chi connectivity index (χ1n) is 7.50. The van der Waals surface area contributed by atoms with E-state index in [2.05, 4.69) is 29.7 Å². The molecule has 0 bridgehead atoms. The minimum Gasteiger partial charge on any atom is -0.493 e. The van der Waals surface area contributed by atoms with Crippen LogP contribution in [0.1, 0.15) is 24.0 Å². The minimum absolute atomic E-state index is 0.0409. The number of hydrogen-bond donors (Lipinski definition) is 2. The number of amides is 1. The second-order valence-electron chi connectivity index (χ2n) is 5.46. The van der Waals surface area contributed by atoms with E-state index in [1.807, 2.05) is 19.1 Å². The van der Waals surface area contributed by atoms with E-state index in [0.717, 1.165) is 30.8 Å². The number of benzene rings is 1. The lowest BCUT2D eigenvalue weighted by atomic mass is 10.1. The van der Waals surface area contributed by atoms with Crippen molar-refractivity contribution >= 4 is 5.91 Å². The fraction of sp³-hybridized carbons (Fsp3) is 0.471. The molecule has 1 aliphatic rings. The van der Waals surface area contributed by atoms with Gasteiger partial charge in [-0.25, -0.2) is 0 Å². The second kappa shape index (κ2) is 7.84. The van der Waals surface area contributed by atoms with Gasteiger partial charge in [-0.05, 0) is 38.4 Å². The normalized spacial score (nSPS) is 14.5. The summed E-state index contributed by atoms with van der Waals surface area (Å²) in [6.45, 7) is 7.05. The Hall–Kier alpha value is -1.81. The van der Waals surface area contributed by atoms with Crippen LogP contribution >= 0.6 is 0 Å². The van der Waals surface area contributed by atoms with Gasteiger partial charge < -0.3 is 15.4 Å². The summed E-state index contributed by atoms with van der Waals surface area (Å²) >= 11 is 0. The average molecular weight is 288 g/mol. The van der Waals surface area contributed by atoms with Gasteiger partial charge in [-0.2, -0.15) is 0 Å². The Kier molecular flexibility index (Phi) is 5.81. The van der Waals surface area contributed by atoms with Gasteiger partial charge in [0.05, 0.1) is 13.0 Å². The zero-order chi connectivity index (χ0) is 15.1. The molecular weight excluding hydrogens is 264 g/mol. The Morgan fingerprint density at radius 1 is 1.38 bits per heavy atom. The van der Waals surface area contributed by atoms with E-state index in [4.69, 9.17) is 4.74 Å². The Morgan fingerprint density at radius 3 is 2.95 bits per heavy atom. The minimum atomic E-state index is 0.0409. The van der Waals surface area contributed by atoms with Crippen molar-refractivity contribution in [1.29, 1.82) is 0 Å². The van der Waals surface area contributed by atoms with Gasteiger partial charge in [-0.15, -0.1) is 0 Å². The monoisotopic (exact) mass is 288 g/mol. The maximum atomic E-state index is 11.8. The van der Waals surface area contributed by atoms with Gasteiger partial charge in [0.2, 0.25) is 5.91 Å². The first-order chi connectivity index (χ1) is 10.1. The van der Waals surface area contributed by atoms with Crippen molar-refractivity contribution in [1.82, 2.24) is 10.6 Å². The van der Waals surface area contributed by atoms with Crippen LogP contribution in [0.15, 0.2) is 29.8 Å². The van der Waals surface area contributed by atoms with E-state index < -0.39 is 0 Å². The van der Waals surface area contributed by atoms with Crippen molar-refractivity contribution in [2.45, 2.75) is 26.7 Å². The van der Waals surface area contributed by atoms with Crippen LogP contribution in [0.2, 0.25) is 0 Å². The van der Waals surface area contributed by atoms with Gasteiger partial charge >= 0.3 is 0 Å². The van der Waals surface area contributed by atoms with Crippen LogP contribution in [0.4, 0.5) is 0 Å². The predicted molar refractivity (Wildman–Crippen MR) is 84.6 cm³/mol. The summed E-state index contributed by atoms with van der Waals surface area (Å²) in [7, 11) is 0.